The number of alkyl halides is 5. The van der Waals surface area contributed by atoms with E-state index in [0.717, 1.165) is 12.3 Å². The van der Waals surface area contributed by atoms with Crippen LogP contribution >= 0.6 is 0 Å². The Morgan fingerprint density at radius 1 is 1.29 bits per heavy atom. The summed E-state index contributed by atoms with van der Waals surface area (Å²) in [6, 6.07) is -0.140. The minimum atomic E-state index is -4.46. The van der Waals surface area contributed by atoms with Crippen molar-refractivity contribution in [2.45, 2.75) is 45.3 Å². The second-order valence-electron chi connectivity index (χ2n) is 6.07. The average Bonchev–Trinajstić information content (AvgIpc) is 2.41. The van der Waals surface area contributed by atoms with E-state index in [0.29, 0.717) is 6.54 Å². The van der Waals surface area contributed by atoms with Gasteiger partial charge in [0.15, 0.2) is 0 Å². The zero-order chi connectivity index (χ0) is 18.5. The number of nitrogens with one attached hydrogen (secondary N) is 1. The van der Waals surface area contributed by atoms with Crippen LogP contribution in [0.5, 0.6) is 0 Å². The molecule has 0 bridgehead atoms. The monoisotopic (exact) mass is 353 g/mol. The highest BCUT2D eigenvalue weighted by Crippen LogP contribution is 2.33. The van der Waals surface area contributed by atoms with Crippen molar-refractivity contribution in [1.82, 2.24) is 10.2 Å². The van der Waals surface area contributed by atoms with E-state index in [1.807, 2.05) is 0 Å². The molecule has 1 N–H and O–H groups in total. The molecule has 1 aliphatic rings. The molecule has 1 aliphatic heterocycles. The van der Waals surface area contributed by atoms with Gasteiger partial charge in [0.2, 0.25) is 0 Å². The lowest BCUT2D eigenvalue weighted by molar-refractivity contribution is -0.0950. The van der Waals surface area contributed by atoms with Gasteiger partial charge in [-0.05, 0) is 32.9 Å². The summed E-state index contributed by atoms with van der Waals surface area (Å²) in [5.41, 5.74) is -0.841. The summed E-state index contributed by atoms with van der Waals surface area (Å²) in [6.45, 7) is 4.69. The molecule has 24 heavy (non-hydrogen) atoms. The number of rotatable bonds is 5. The van der Waals surface area contributed by atoms with E-state index in [4.69, 9.17) is 0 Å². The highest BCUT2D eigenvalue weighted by Gasteiger charge is 2.42. The zero-order valence-corrected chi connectivity index (χ0v) is 14.3. The predicted octanol–water partition coefficient (Wildman–Crippen LogP) is 3.99. The lowest BCUT2D eigenvalue weighted by Gasteiger charge is -2.41. The Kier molecular flexibility index (Phi) is 6.95. The van der Waals surface area contributed by atoms with Gasteiger partial charge < -0.3 is 5.32 Å². The standard InChI is InChI=1S/C16H24F5N3/c1-5-12(16(19,20)21)8-22-14(6-2)23-9-13-11(3)7-15(17,18)10-24(13)4/h5-6,8,11,13,23H,7,9-10H2,1-4H3/b12-5+,14-6+,22-8-. The van der Waals surface area contributed by atoms with Gasteiger partial charge in [0.1, 0.15) is 5.82 Å². The molecule has 0 saturated carbocycles. The maximum absolute atomic E-state index is 13.5. The van der Waals surface area contributed by atoms with Crippen LogP contribution in [0.15, 0.2) is 28.5 Å². The van der Waals surface area contributed by atoms with E-state index >= 15 is 0 Å². The first-order valence-electron chi connectivity index (χ1n) is 7.76. The SMILES string of the molecule is C\C=C(/N=C\C(=C/C)C(F)(F)F)NCC1C(C)CC(F)(F)CN1C. The van der Waals surface area contributed by atoms with Gasteiger partial charge in [-0.25, -0.2) is 13.8 Å². The summed E-state index contributed by atoms with van der Waals surface area (Å²) < 4.78 is 64.9. The van der Waals surface area contributed by atoms with E-state index < -0.39 is 17.7 Å². The van der Waals surface area contributed by atoms with Gasteiger partial charge in [-0.3, -0.25) is 4.90 Å². The molecule has 0 aromatic heterocycles. The van der Waals surface area contributed by atoms with Crippen molar-refractivity contribution in [1.29, 1.82) is 0 Å². The fourth-order valence-electron chi connectivity index (χ4n) is 2.83. The molecule has 0 amide bonds. The van der Waals surface area contributed by atoms with Crippen molar-refractivity contribution in [3.05, 3.63) is 23.5 Å². The maximum atomic E-state index is 13.5. The smallest absolute Gasteiger partial charge is 0.369 e. The van der Waals surface area contributed by atoms with Crippen LogP contribution in [0.2, 0.25) is 0 Å². The Hall–Kier alpha value is -1.44. The lowest BCUT2D eigenvalue weighted by atomic mass is 9.89. The van der Waals surface area contributed by atoms with E-state index in [2.05, 4.69) is 10.3 Å². The van der Waals surface area contributed by atoms with Gasteiger partial charge in [-0.15, -0.1) is 0 Å². The first-order chi connectivity index (χ1) is 11.0. The van der Waals surface area contributed by atoms with Crippen molar-refractivity contribution in [2.75, 3.05) is 20.1 Å². The summed E-state index contributed by atoms with van der Waals surface area (Å²) in [5, 5.41) is 2.94. The van der Waals surface area contributed by atoms with Crippen LogP contribution in [0.25, 0.3) is 0 Å². The Balaban J connectivity index is 2.68. The number of nitrogens with zero attached hydrogens (tertiary/aromatic N) is 2. The van der Waals surface area contributed by atoms with E-state index in [9.17, 15) is 22.0 Å². The van der Waals surface area contributed by atoms with Gasteiger partial charge in [0.25, 0.3) is 5.92 Å². The highest BCUT2D eigenvalue weighted by molar-refractivity contribution is 5.80. The maximum Gasteiger partial charge on any atom is 0.417 e. The minimum absolute atomic E-state index is 0.140. The van der Waals surface area contributed by atoms with Gasteiger partial charge in [0, 0.05) is 25.2 Å². The topological polar surface area (TPSA) is 27.6 Å². The van der Waals surface area contributed by atoms with Gasteiger partial charge in [-0.1, -0.05) is 13.0 Å². The van der Waals surface area contributed by atoms with E-state index in [1.165, 1.54) is 6.92 Å². The lowest BCUT2D eigenvalue weighted by Crippen LogP contribution is -2.54. The van der Waals surface area contributed by atoms with Crippen LogP contribution in [0.1, 0.15) is 27.2 Å². The molecule has 1 heterocycles. The molecule has 1 rings (SSSR count). The summed E-state index contributed by atoms with van der Waals surface area (Å²) >= 11 is 0. The Bertz CT molecular complexity index is 494. The minimum Gasteiger partial charge on any atom is -0.369 e. The molecule has 0 aromatic carbocycles. The molecule has 0 spiro atoms. The molecule has 0 aliphatic carbocycles. The van der Waals surface area contributed by atoms with Crippen LogP contribution in [0.4, 0.5) is 22.0 Å². The normalized spacial score (nSPS) is 26.9. The summed E-state index contributed by atoms with van der Waals surface area (Å²) in [4.78, 5) is 5.39. The Labute approximate surface area is 139 Å². The number of aliphatic imine (C=N–C) groups is 1. The first kappa shape index (κ1) is 20.6. The van der Waals surface area contributed by atoms with Crippen molar-refractivity contribution in [3.8, 4) is 0 Å². The van der Waals surface area contributed by atoms with Crippen molar-refractivity contribution in [3.63, 3.8) is 0 Å². The fraction of sp³-hybridized carbons (Fsp3) is 0.688. The Morgan fingerprint density at radius 2 is 1.92 bits per heavy atom. The number of likely N-dealkylation sites (tertiary alicyclic amines) is 1. The number of hydrogen-bond acceptors (Lipinski definition) is 3. The number of allylic oxidation sites excluding steroid dienone is 3. The average molecular weight is 353 g/mol. The van der Waals surface area contributed by atoms with Crippen molar-refractivity contribution >= 4 is 6.21 Å². The molecule has 1 saturated heterocycles. The zero-order valence-electron chi connectivity index (χ0n) is 14.3. The van der Waals surface area contributed by atoms with Crippen LogP contribution in [0.3, 0.4) is 0 Å². The highest BCUT2D eigenvalue weighted by atomic mass is 19.4. The van der Waals surface area contributed by atoms with Crippen LogP contribution in [-0.4, -0.2) is 49.4 Å². The van der Waals surface area contributed by atoms with Crippen LogP contribution in [0, 0.1) is 5.92 Å². The molecule has 2 atom stereocenters. The summed E-state index contributed by atoms with van der Waals surface area (Å²) in [6.07, 6.45) is -1.42. The molecule has 0 aromatic rings. The number of piperidine rings is 1. The Morgan fingerprint density at radius 3 is 2.38 bits per heavy atom. The molecule has 2 unspecified atom stereocenters. The largest absolute Gasteiger partial charge is 0.417 e. The quantitative estimate of drug-likeness (QED) is 0.598. The van der Waals surface area contributed by atoms with Crippen LogP contribution < -0.4 is 5.32 Å². The first-order valence-corrected chi connectivity index (χ1v) is 7.76. The second kappa shape index (κ2) is 8.09. The van der Waals surface area contributed by atoms with Gasteiger partial charge in [0.05, 0.1) is 12.1 Å². The molecule has 0 radical (unpaired) electrons. The fourth-order valence-corrected chi connectivity index (χ4v) is 2.83. The third-order valence-electron chi connectivity index (χ3n) is 4.07. The van der Waals surface area contributed by atoms with Crippen molar-refractivity contribution < 1.29 is 22.0 Å². The third-order valence-corrected chi connectivity index (χ3v) is 4.07. The molecule has 1 fully saturated rings. The summed E-state index contributed by atoms with van der Waals surface area (Å²) in [7, 11) is 1.62. The number of halogens is 5. The van der Waals surface area contributed by atoms with E-state index in [1.54, 1.807) is 31.9 Å². The summed E-state index contributed by atoms with van der Waals surface area (Å²) in [5.74, 6) is -2.68. The molecular formula is C16H24F5N3. The molecule has 8 heteroatoms. The third kappa shape index (κ3) is 5.89. The molecule has 138 valence electrons. The van der Waals surface area contributed by atoms with Gasteiger partial charge in [-0.2, -0.15) is 13.2 Å². The van der Waals surface area contributed by atoms with Crippen LogP contribution in [-0.2, 0) is 0 Å². The van der Waals surface area contributed by atoms with Crippen molar-refractivity contribution in [2.24, 2.45) is 10.9 Å². The number of likely N-dealkylation sites (N-methyl/N-ethyl adjacent to an activating group) is 1. The molecule has 3 nitrogen and oxygen atoms in total. The second-order valence-corrected chi connectivity index (χ2v) is 6.07. The number of hydrogen-bond donors (Lipinski definition) is 1. The predicted molar refractivity (Wildman–Crippen MR) is 85.2 cm³/mol. The van der Waals surface area contributed by atoms with Gasteiger partial charge >= 0.3 is 6.18 Å². The van der Waals surface area contributed by atoms with E-state index in [-0.39, 0.29) is 30.7 Å². The molecular weight excluding hydrogens is 329 g/mol.